The number of carbonyl (C=O) groups excluding carboxylic acids is 3. The fourth-order valence-electron chi connectivity index (χ4n) is 5.16. The first-order valence-electron chi connectivity index (χ1n) is 13.6. The highest BCUT2D eigenvalue weighted by Gasteiger charge is 2.39. The number of para-hydroxylation sites is 1. The van der Waals surface area contributed by atoms with Gasteiger partial charge in [0.25, 0.3) is 0 Å². The molecule has 3 amide bonds. The van der Waals surface area contributed by atoms with Gasteiger partial charge >= 0.3 is 5.97 Å². The molecule has 3 aromatic rings. The van der Waals surface area contributed by atoms with Crippen LogP contribution in [0.3, 0.4) is 0 Å². The minimum Gasteiger partial charge on any atom is -0.480 e. The minimum absolute atomic E-state index is 0.0919. The van der Waals surface area contributed by atoms with Gasteiger partial charge in [0.2, 0.25) is 17.7 Å². The van der Waals surface area contributed by atoms with Gasteiger partial charge in [-0.3, -0.25) is 14.4 Å². The highest BCUT2D eigenvalue weighted by atomic mass is 16.4. The molecule has 1 saturated heterocycles. The van der Waals surface area contributed by atoms with Crippen LogP contribution in [0.25, 0.3) is 10.9 Å². The molecule has 3 heterocycles. The lowest BCUT2D eigenvalue weighted by atomic mass is 9.96. The Morgan fingerprint density at radius 3 is 2.62 bits per heavy atom. The van der Waals surface area contributed by atoms with Crippen molar-refractivity contribution < 1.29 is 24.3 Å². The third kappa shape index (κ3) is 6.50. The second-order valence-corrected chi connectivity index (χ2v) is 10.4. The van der Waals surface area contributed by atoms with Gasteiger partial charge in [-0.2, -0.15) is 0 Å². The third-order valence-corrected chi connectivity index (χ3v) is 7.66. The summed E-state index contributed by atoms with van der Waals surface area (Å²) < 4.78 is 0. The van der Waals surface area contributed by atoms with Crippen molar-refractivity contribution in [3.63, 3.8) is 0 Å². The third-order valence-electron chi connectivity index (χ3n) is 7.66. The molecule has 1 aromatic carbocycles. The summed E-state index contributed by atoms with van der Waals surface area (Å²) in [6.45, 7) is 4.03. The number of carboxylic acid groups (broad SMARTS) is 1. The zero-order valence-corrected chi connectivity index (χ0v) is 22.7. The Balaban J connectivity index is 1.48. The SMILES string of the molecule is CC[C@H](C)[C@H](NC(=O)[C@@H](N)Cc1c[nH]c2ccccc12)C(=O)N[C@@H](Cc1cnc[nH]1)C(=O)N1CCC[C@H]1C(=O)O. The molecule has 0 aliphatic carbocycles. The number of likely N-dealkylation sites (tertiary alicyclic amines) is 1. The lowest BCUT2D eigenvalue weighted by Gasteiger charge is -2.30. The maximum absolute atomic E-state index is 13.6. The standard InChI is InChI=1S/C28H37N7O5/c1-3-16(2)24(34-25(36)20(29)11-17-13-31-21-8-5-4-7-19(17)21)26(37)33-22(12-18-14-30-15-32-18)27(38)35-10-6-9-23(35)28(39)40/h4-5,7-8,13-16,20,22-24,31H,3,6,9-12,29H2,1-2H3,(H,30,32)(H,33,37)(H,34,36)(H,39,40)/t16-,20-,22-,23-,24-/m0/s1. The summed E-state index contributed by atoms with van der Waals surface area (Å²) in [6.07, 6.45) is 6.70. The molecule has 1 aliphatic heterocycles. The second-order valence-electron chi connectivity index (χ2n) is 10.4. The number of benzene rings is 1. The highest BCUT2D eigenvalue weighted by Crippen LogP contribution is 2.21. The largest absolute Gasteiger partial charge is 0.480 e. The maximum Gasteiger partial charge on any atom is 0.326 e. The molecule has 214 valence electrons. The minimum atomic E-state index is -1.08. The average Bonchev–Trinajstić information content (AvgIpc) is 3.72. The number of aliphatic carboxylic acids is 1. The number of aromatic amines is 2. The summed E-state index contributed by atoms with van der Waals surface area (Å²) in [4.78, 5) is 63.4. The summed E-state index contributed by atoms with van der Waals surface area (Å²) in [5.74, 6) is -2.84. The van der Waals surface area contributed by atoms with Crippen molar-refractivity contribution in [3.05, 3.63) is 54.2 Å². The van der Waals surface area contributed by atoms with Crippen LogP contribution in [0.15, 0.2) is 43.0 Å². The van der Waals surface area contributed by atoms with Gasteiger partial charge in [-0.1, -0.05) is 38.5 Å². The normalized spacial score (nSPS) is 18.2. The van der Waals surface area contributed by atoms with Gasteiger partial charge in [-0.25, -0.2) is 9.78 Å². The number of nitrogens with zero attached hydrogens (tertiary/aromatic N) is 2. The van der Waals surface area contributed by atoms with E-state index in [0.717, 1.165) is 16.5 Å². The van der Waals surface area contributed by atoms with Crippen LogP contribution in [0, 0.1) is 5.92 Å². The van der Waals surface area contributed by atoms with Gasteiger partial charge in [0.05, 0.1) is 12.4 Å². The van der Waals surface area contributed by atoms with E-state index in [1.807, 2.05) is 44.3 Å². The van der Waals surface area contributed by atoms with E-state index >= 15 is 0 Å². The monoisotopic (exact) mass is 551 g/mol. The molecule has 0 radical (unpaired) electrons. The van der Waals surface area contributed by atoms with E-state index in [0.29, 0.717) is 31.5 Å². The number of carboxylic acids is 1. The van der Waals surface area contributed by atoms with Crippen molar-refractivity contribution in [1.82, 2.24) is 30.5 Å². The smallest absolute Gasteiger partial charge is 0.326 e. The molecule has 7 N–H and O–H groups in total. The van der Waals surface area contributed by atoms with Gasteiger partial charge in [0.1, 0.15) is 18.1 Å². The van der Waals surface area contributed by atoms with Crippen molar-refractivity contribution >= 4 is 34.6 Å². The van der Waals surface area contributed by atoms with E-state index < -0.39 is 47.9 Å². The Hall–Kier alpha value is -4.19. The molecule has 40 heavy (non-hydrogen) atoms. The number of fused-ring (bicyclic) bond motifs is 1. The second kappa shape index (κ2) is 12.8. The van der Waals surface area contributed by atoms with Crippen molar-refractivity contribution in [2.45, 2.75) is 70.1 Å². The molecule has 5 atom stereocenters. The molecule has 0 bridgehead atoms. The van der Waals surface area contributed by atoms with E-state index in [-0.39, 0.29) is 18.8 Å². The first-order valence-corrected chi connectivity index (χ1v) is 13.6. The van der Waals surface area contributed by atoms with Crippen molar-refractivity contribution in [2.24, 2.45) is 11.7 Å². The van der Waals surface area contributed by atoms with Crippen molar-refractivity contribution in [2.75, 3.05) is 6.54 Å². The first kappa shape index (κ1) is 28.8. The lowest BCUT2D eigenvalue weighted by Crippen LogP contribution is -2.59. The van der Waals surface area contributed by atoms with Crippen LogP contribution < -0.4 is 16.4 Å². The van der Waals surface area contributed by atoms with E-state index in [1.165, 1.54) is 11.2 Å². The number of hydrogen-bond donors (Lipinski definition) is 6. The van der Waals surface area contributed by atoms with Crippen LogP contribution >= 0.6 is 0 Å². The Morgan fingerprint density at radius 2 is 1.93 bits per heavy atom. The van der Waals surface area contributed by atoms with Gasteiger partial charge in [-0.05, 0) is 36.8 Å². The fraction of sp³-hybridized carbons (Fsp3) is 0.464. The zero-order valence-electron chi connectivity index (χ0n) is 22.7. The topological polar surface area (TPSA) is 186 Å². The average molecular weight is 552 g/mol. The quantitative estimate of drug-likeness (QED) is 0.194. The molecule has 12 nitrogen and oxygen atoms in total. The van der Waals surface area contributed by atoms with Gasteiger partial charge in [0, 0.05) is 42.0 Å². The number of H-pyrrole nitrogens is 2. The number of rotatable bonds is 12. The van der Waals surface area contributed by atoms with E-state index in [9.17, 15) is 24.3 Å². The Labute approximate surface area is 232 Å². The molecule has 0 spiro atoms. The Bertz CT molecular complexity index is 1340. The molecular weight excluding hydrogens is 514 g/mol. The number of nitrogens with two attached hydrogens (primary N) is 1. The molecule has 1 fully saturated rings. The predicted octanol–water partition coefficient (Wildman–Crippen LogP) is 1.09. The summed E-state index contributed by atoms with van der Waals surface area (Å²) in [5, 5.41) is 16.2. The number of nitrogens with one attached hydrogen (secondary N) is 4. The van der Waals surface area contributed by atoms with Crippen molar-refractivity contribution in [1.29, 1.82) is 0 Å². The number of aromatic nitrogens is 3. The maximum atomic E-state index is 13.6. The van der Waals surface area contributed by atoms with Crippen LogP contribution in [-0.4, -0.2) is 79.4 Å². The van der Waals surface area contributed by atoms with Gasteiger partial charge in [0.15, 0.2) is 0 Å². The predicted molar refractivity (Wildman–Crippen MR) is 148 cm³/mol. The molecule has 0 saturated carbocycles. The van der Waals surface area contributed by atoms with Gasteiger partial charge < -0.3 is 36.3 Å². The van der Waals surface area contributed by atoms with E-state index in [2.05, 4.69) is 25.6 Å². The molecule has 12 heteroatoms. The Kier molecular flexibility index (Phi) is 9.20. The molecular formula is C28H37N7O5. The van der Waals surface area contributed by atoms with Crippen LogP contribution in [0.1, 0.15) is 44.4 Å². The van der Waals surface area contributed by atoms with Crippen LogP contribution in [-0.2, 0) is 32.0 Å². The van der Waals surface area contributed by atoms with Crippen molar-refractivity contribution in [3.8, 4) is 0 Å². The molecule has 2 aromatic heterocycles. The number of amides is 3. The Morgan fingerprint density at radius 1 is 1.15 bits per heavy atom. The number of hydrogen-bond acceptors (Lipinski definition) is 6. The zero-order chi connectivity index (χ0) is 28.8. The van der Waals surface area contributed by atoms with E-state index in [4.69, 9.17) is 5.73 Å². The summed E-state index contributed by atoms with van der Waals surface area (Å²) in [6, 6.07) is 3.89. The molecule has 1 aliphatic rings. The van der Waals surface area contributed by atoms with E-state index in [1.54, 1.807) is 6.20 Å². The highest BCUT2D eigenvalue weighted by molar-refractivity contribution is 5.95. The van der Waals surface area contributed by atoms with Crippen LogP contribution in [0.5, 0.6) is 0 Å². The van der Waals surface area contributed by atoms with Crippen LogP contribution in [0.2, 0.25) is 0 Å². The number of carbonyl (C=O) groups is 4. The fourth-order valence-corrected chi connectivity index (χ4v) is 5.16. The summed E-state index contributed by atoms with van der Waals surface area (Å²) >= 11 is 0. The molecule has 0 unspecified atom stereocenters. The summed E-state index contributed by atoms with van der Waals surface area (Å²) in [7, 11) is 0. The first-order chi connectivity index (χ1) is 19.2. The summed E-state index contributed by atoms with van der Waals surface area (Å²) in [5.41, 5.74) is 8.71. The number of imidazole rings is 1. The van der Waals surface area contributed by atoms with Gasteiger partial charge in [-0.15, -0.1) is 0 Å². The van der Waals surface area contributed by atoms with Crippen LogP contribution in [0.4, 0.5) is 0 Å². The lowest BCUT2D eigenvalue weighted by molar-refractivity contribution is -0.149. The molecule has 4 rings (SSSR count).